The number of aromatic hydroxyl groups is 1. The van der Waals surface area contributed by atoms with Gasteiger partial charge in [-0.2, -0.15) is 0 Å². The second-order valence-corrected chi connectivity index (χ2v) is 5.13. The van der Waals surface area contributed by atoms with Crippen molar-refractivity contribution in [2.75, 3.05) is 5.88 Å². The SMILES string of the molecule is Cc1c(O)cccc1C(=O)NC(CCCl)C(C)C. The Labute approximate surface area is 113 Å². The van der Waals surface area contributed by atoms with Crippen LogP contribution in [0.2, 0.25) is 0 Å². The van der Waals surface area contributed by atoms with E-state index in [4.69, 9.17) is 11.6 Å². The van der Waals surface area contributed by atoms with Gasteiger partial charge in [-0.25, -0.2) is 0 Å². The molecule has 0 aliphatic rings. The second-order valence-electron chi connectivity index (χ2n) is 4.75. The van der Waals surface area contributed by atoms with Crippen LogP contribution in [0.4, 0.5) is 0 Å². The highest BCUT2D eigenvalue weighted by atomic mass is 35.5. The van der Waals surface area contributed by atoms with Crippen LogP contribution in [-0.2, 0) is 0 Å². The summed E-state index contributed by atoms with van der Waals surface area (Å²) in [4.78, 5) is 12.1. The summed E-state index contributed by atoms with van der Waals surface area (Å²) in [5.74, 6) is 0.820. The van der Waals surface area contributed by atoms with Gasteiger partial charge in [-0.3, -0.25) is 4.79 Å². The van der Waals surface area contributed by atoms with E-state index in [2.05, 4.69) is 5.32 Å². The topological polar surface area (TPSA) is 49.3 Å². The van der Waals surface area contributed by atoms with Crippen LogP contribution in [0.3, 0.4) is 0 Å². The Kier molecular flexibility index (Phi) is 5.48. The average Bonchev–Trinajstić information content (AvgIpc) is 2.31. The molecule has 0 radical (unpaired) electrons. The molecule has 1 amide bonds. The van der Waals surface area contributed by atoms with Gasteiger partial charge in [-0.05, 0) is 31.4 Å². The minimum atomic E-state index is -0.160. The number of benzene rings is 1. The lowest BCUT2D eigenvalue weighted by Crippen LogP contribution is -2.39. The Morgan fingerprint density at radius 2 is 2.11 bits per heavy atom. The molecule has 18 heavy (non-hydrogen) atoms. The molecule has 0 fully saturated rings. The summed E-state index contributed by atoms with van der Waals surface area (Å²) in [5, 5.41) is 12.6. The standard InChI is InChI=1S/C14H20ClNO2/c1-9(2)12(7-8-15)16-14(18)11-5-4-6-13(17)10(11)3/h4-6,9,12,17H,7-8H2,1-3H3,(H,16,18). The fourth-order valence-electron chi connectivity index (χ4n) is 1.81. The molecule has 1 aromatic rings. The Balaban J connectivity index is 2.84. The highest BCUT2D eigenvalue weighted by Crippen LogP contribution is 2.20. The van der Waals surface area contributed by atoms with Crippen molar-refractivity contribution in [3.05, 3.63) is 29.3 Å². The van der Waals surface area contributed by atoms with Crippen molar-refractivity contribution >= 4 is 17.5 Å². The number of alkyl halides is 1. The number of halogens is 1. The minimum Gasteiger partial charge on any atom is -0.508 e. The predicted molar refractivity (Wildman–Crippen MR) is 74.3 cm³/mol. The van der Waals surface area contributed by atoms with Gasteiger partial charge in [0, 0.05) is 23.0 Å². The van der Waals surface area contributed by atoms with Crippen LogP contribution in [0.1, 0.15) is 36.2 Å². The third-order valence-corrected chi connectivity index (χ3v) is 3.31. The summed E-state index contributed by atoms with van der Waals surface area (Å²) in [7, 11) is 0. The lowest BCUT2D eigenvalue weighted by Gasteiger charge is -2.22. The summed E-state index contributed by atoms with van der Waals surface area (Å²) in [6.07, 6.45) is 0.739. The Morgan fingerprint density at radius 3 is 2.67 bits per heavy atom. The maximum atomic E-state index is 12.1. The first-order valence-electron chi connectivity index (χ1n) is 6.12. The van der Waals surface area contributed by atoms with E-state index in [0.29, 0.717) is 22.9 Å². The molecule has 1 aromatic carbocycles. The van der Waals surface area contributed by atoms with Crippen molar-refractivity contribution in [1.29, 1.82) is 0 Å². The van der Waals surface area contributed by atoms with Gasteiger partial charge < -0.3 is 10.4 Å². The van der Waals surface area contributed by atoms with E-state index in [0.717, 1.165) is 6.42 Å². The summed E-state index contributed by atoms with van der Waals surface area (Å²) < 4.78 is 0. The van der Waals surface area contributed by atoms with Crippen LogP contribution in [-0.4, -0.2) is 22.9 Å². The molecule has 0 aliphatic heterocycles. The number of rotatable bonds is 5. The number of carbonyl (C=O) groups is 1. The summed E-state index contributed by atoms with van der Waals surface area (Å²) in [5.41, 5.74) is 1.11. The van der Waals surface area contributed by atoms with E-state index in [-0.39, 0.29) is 17.7 Å². The molecular weight excluding hydrogens is 250 g/mol. The summed E-state index contributed by atoms with van der Waals surface area (Å²) in [6.45, 7) is 5.83. The third kappa shape index (κ3) is 3.64. The zero-order valence-corrected chi connectivity index (χ0v) is 11.8. The van der Waals surface area contributed by atoms with Crippen molar-refractivity contribution in [2.24, 2.45) is 5.92 Å². The number of carbonyl (C=O) groups excluding carboxylic acids is 1. The Hall–Kier alpha value is -1.22. The number of hydrogen-bond donors (Lipinski definition) is 2. The number of phenols is 1. The zero-order valence-electron chi connectivity index (χ0n) is 11.0. The van der Waals surface area contributed by atoms with Crippen LogP contribution >= 0.6 is 11.6 Å². The molecule has 2 N–H and O–H groups in total. The first-order chi connectivity index (χ1) is 8.47. The lowest BCUT2D eigenvalue weighted by molar-refractivity contribution is 0.0924. The minimum absolute atomic E-state index is 0.0525. The Bertz CT molecular complexity index is 418. The molecule has 0 saturated carbocycles. The van der Waals surface area contributed by atoms with Crippen LogP contribution in [0.15, 0.2) is 18.2 Å². The normalized spacial score (nSPS) is 12.5. The molecule has 0 spiro atoms. The van der Waals surface area contributed by atoms with Gasteiger partial charge in [-0.1, -0.05) is 19.9 Å². The van der Waals surface area contributed by atoms with E-state index >= 15 is 0 Å². The van der Waals surface area contributed by atoms with E-state index < -0.39 is 0 Å². The first-order valence-corrected chi connectivity index (χ1v) is 6.66. The molecule has 0 heterocycles. The van der Waals surface area contributed by atoms with Crippen molar-refractivity contribution in [1.82, 2.24) is 5.32 Å². The zero-order chi connectivity index (χ0) is 13.7. The van der Waals surface area contributed by atoms with E-state index in [9.17, 15) is 9.90 Å². The quantitative estimate of drug-likeness (QED) is 0.807. The van der Waals surface area contributed by atoms with Crippen molar-refractivity contribution < 1.29 is 9.90 Å². The van der Waals surface area contributed by atoms with Crippen molar-refractivity contribution in [3.63, 3.8) is 0 Å². The molecule has 1 rings (SSSR count). The molecule has 1 unspecified atom stereocenters. The maximum absolute atomic E-state index is 12.1. The van der Waals surface area contributed by atoms with Gasteiger partial charge in [0.2, 0.25) is 0 Å². The van der Waals surface area contributed by atoms with Gasteiger partial charge in [0.25, 0.3) is 5.91 Å². The van der Waals surface area contributed by atoms with Gasteiger partial charge in [-0.15, -0.1) is 11.6 Å². The van der Waals surface area contributed by atoms with Crippen LogP contribution < -0.4 is 5.32 Å². The number of phenolic OH excluding ortho intramolecular Hbond substituents is 1. The van der Waals surface area contributed by atoms with Crippen molar-refractivity contribution in [2.45, 2.75) is 33.2 Å². The van der Waals surface area contributed by atoms with Crippen LogP contribution in [0.25, 0.3) is 0 Å². The van der Waals surface area contributed by atoms with Crippen LogP contribution in [0, 0.1) is 12.8 Å². The van der Waals surface area contributed by atoms with Crippen molar-refractivity contribution in [3.8, 4) is 5.75 Å². The van der Waals surface area contributed by atoms with Gasteiger partial charge in [0.1, 0.15) is 5.75 Å². The molecule has 0 bridgehead atoms. The second kappa shape index (κ2) is 6.64. The highest BCUT2D eigenvalue weighted by molar-refractivity contribution is 6.17. The monoisotopic (exact) mass is 269 g/mol. The van der Waals surface area contributed by atoms with E-state index in [1.165, 1.54) is 0 Å². The molecule has 100 valence electrons. The first kappa shape index (κ1) is 14.8. The third-order valence-electron chi connectivity index (χ3n) is 3.09. The molecule has 3 nitrogen and oxygen atoms in total. The van der Waals surface area contributed by atoms with Gasteiger partial charge >= 0.3 is 0 Å². The highest BCUT2D eigenvalue weighted by Gasteiger charge is 2.18. The molecular formula is C14H20ClNO2. The smallest absolute Gasteiger partial charge is 0.251 e. The predicted octanol–water partition coefficient (Wildman–Crippen LogP) is 3.08. The van der Waals surface area contributed by atoms with E-state index in [1.807, 2.05) is 13.8 Å². The fourth-order valence-corrected chi connectivity index (χ4v) is 2.04. The maximum Gasteiger partial charge on any atom is 0.251 e. The fraction of sp³-hybridized carbons (Fsp3) is 0.500. The largest absolute Gasteiger partial charge is 0.508 e. The van der Waals surface area contributed by atoms with Gasteiger partial charge in [0.05, 0.1) is 0 Å². The number of amides is 1. The average molecular weight is 270 g/mol. The molecule has 0 aromatic heterocycles. The summed E-state index contributed by atoms with van der Waals surface area (Å²) >= 11 is 5.74. The molecule has 0 saturated heterocycles. The Morgan fingerprint density at radius 1 is 1.44 bits per heavy atom. The molecule has 4 heteroatoms. The van der Waals surface area contributed by atoms with Gasteiger partial charge in [0.15, 0.2) is 0 Å². The number of nitrogens with one attached hydrogen (secondary N) is 1. The molecule has 1 atom stereocenters. The van der Waals surface area contributed by atoms with E-state index in [1.54, 1.807) is 25.1 Å². The van der Waals surface area contributed by atoms with Crippen LogP contribution in [0.5, 0.6) is 5.75 Å². The number of hydrogen-bond acceptors (Lipinski definition) is 2. The lowest BCUT2D eigenvalue weighted by atomic mass is 10.0. The molecule has 0 aliphatic carbocycles. The summed E-state index contributed by atoms with van der Waals surface area (Å²) in [6, 6.07) is 5.01.